The van der Waals surface area contributed by atoms with E-state index in [9.17, 15) is 0 Å². The van der Waals surface area contributed by atoms with Crippen molar-refractivity contribution in [2.75, 3.05) is 65.5 Å². The Labute approximate surface area is 205 Å². The Kier molecular flexibility index (Phi) is 8.94. The molecule has 2 aliphatic heterocycles. The number of ether oxygens (including phenoxy) is 3. The first-order valence-corrected chi connectivity index (χ1v) is 12.8. The summed E-state index contributed by atoms with van der Waals surface area (Å²) in [4.78, 5) is 7.83. The van der Waals surface area contributed by atoms with Gasteiger partial charge in [-0.2, -0.15) is 0 Å². The number of piperazine rings is 1. The fourth-order valence-corrected chi connectivity index (χ4v) is 5.41. The molecule has 1 atom stereocenters. The van der Waals surface area contributed by atoms with Crippen LogP contribution in [-0.4, -0.2) is 76.4 Å². The molecular formula is C28H41N3O3. The van der Waals surface area contributed by atoms with E-state index < -0.39 is 0 Å². The highest BCUT2D eigenvalue weighted by atomic mass is 16.5. The van der Waals surface area contributed by atoms with E-state index in [1.165, 1.54) is 64.0 Å². The highest BCUT2D eigenvalue weighted by Crippen LogP contribution is 2.41. The molecule has 0 N–H and O–H groups in total. The molecule has 6 heteroatoms. The molecule has 186 valence electrons. The Morgan fingerprint density at radius 2 is 1.65 bits per heavy atom. The van der Waals surface area contributed by atoms with Crippen LogP contribution in [0.25, 0.3) is 0 Å². The van der Waals surface area contributed by atoms with Gasteiger partial charge in [-0.3, -0.25) is 4.90 Å². The van der Waals surface area contributed by atoms with Crippen molar-refractivity contribution in [2.45, 2.75) is 44.7 Å². The zero-order valence-electron chi connectivity index (χ0n) is 21.2. The Morgan fingerprint density at radius 1 is 0.882 bits per heavy atom. The van der Waals surface area contributed by atoms with Crippen LogP contribution in [0.2, 0.25) is 0 Å². The van der Waals surface area contributed by atoms with Crippen LogP contribution in [-0.2, 0) is 6.54 Å². The first-order valence-electron chi connectivity index (χ1n) is 12.8. The third-order valence-electron chi connectivity index (χ3n) is 7.30. The van der Waals surface area contributed by atoms with Crippen molar-refractivity contribution in [3.8, 4) is 17.2 Å². The molecule has 0 spiro atoms. The molecular weight excluding hydrogens is 426 g/mol. The van der Waals surface area contributed by atoms with Crippen LogP contribution in [0.4, 0.5) is 5.69 Å². The van der Waals surface area contributed by atoms with Crippen molar-refractivity contribution < 1.29 is 14.2 Å². The highest BCUT2D eigenvalue weighted by Gasteiger charge is 2.28. The predicted octanol–water partition coefficient (Wildman–Crippen LogP) is 4.67. The van der Waals surface area contributed by atoms with E-state index >= 15 is 0 Å². The van der Waals surface area contributed by atoms with Crippen LogP contribution in [0.15, 0.2) is 42.5 Å². The molecule has 6 nitrogen and oxygen atoms in total. The molecule has 0 aliphatic carbocycles. The number of hydrogen-bond acceptors (Lipinski definition) is 6. The maximum Gasteiger partial charge on any atom is 0.203 e. The lowest BCUT2D eigenvalue weighted by Gasteiger charge is -2.44. The van der Waals surface area contributed by atoms with E-state index in [1.807, 2.05) is 0 Å². The summed E-state index contributed by atoms with van der Waals surface area (Å²) in [5.74, 6) is 2.02. The lowest BCUT2D eigenvalue weighted by molar-refractivity contribution is 0.0488. The lowest BCUT2D eigenvalue weighted by atomic mass is 9.99. The number of rotatable bonds is 11. The lowest BCUT2D eigenvalue weighted by Crippen LogP contribution is -2.54. The van der Waals surface area contributed by atoms with Gasteiger partial charge in [-0.15, -0.1) is 0 Å². The zero-order valence-corrected chi connectivity index (χ0v) is 21.2. The third kappa shape index (κ3) is 6.16. The Balaban J connectivity index is 1.40. The number of unbranched alkanes of at least 4 members (excludes halogenated alkanes) is 1. The van der Waals surface area contributed by atoms with Crippen molar-refractivity contribution in [2.24, 2.45) is 0 Å². The Bertz CT molecular complexity index is 867. The predicted molar refractivity (Wildman–Crippen MR) is 138 cm³/mol. The Morgan fingerprint density at radius 3 is 2.35 bits per heavy atom. The smallest absolute Gasteiger partial charge is 0.203 e. The van der Waals surface area contributed by atoms with Crippen molar-refractivity contribution >= 4 is 5.69 Å². The van der Waals surface area contributed by atoms with E-state index in [-0.39, 0.29) is 0 Å². The minimum absolute atomic E-state index is 0.635. The fraction of sp³-hybridized carbons (Fsp3) is 0.571. The van der Waals surface area contributed by atoms with Crippen LogP contribution in [0, 0.1) is 0 Å². The summed E-state index contributed by atoms with van der Waals surface area (Å²) in [5, 5.41) is 0. The van der Waals surface area contributed by atoms with Gasteiger partial charge in [0.15, 0.2) is 11.5 Å². The minimum atomic E-state index is 0.635. The van der Waals surface area contributed by atoms with Gasteiger partial charge in [0.2, 0.25) is 5.75 Å². The summed E-state index contributed by atoms with van der Waals surface area (Å²) in [6, 6.07) is 15.6. The van der Waals surface area contributed by atoms with E-state index in [2.05, 4.69) is 57.2 Å². The van der Waals surface area contributed by atoms with Crippen molar-refractivity contribution in [3.63, 3.8) is 0 Å². The average molecular weight is 468 g/mol. The standard InChI is InChI=1S/C28H41N3O3/c1-32-26-19-25(20-27(33-2)28(26)34-3)31(21-23-11-5-4-6-12-23)16-10-9-14-29-17-18-30-15-8-7-13-24(30)22-29/h4-6,11-12,19-20,24H,7-10,13-18,21-22H2,1-3H3. The first-order chi connectivity index (χ1) is 16.7. The molecule has 1 unspecified atom stereocenters. The van der Waals surface area contributed by atoms with Gasteiger partial charge >= 0.3 is 0 Å². The second kappa shape index (κ2) is 12.3. The van der Waals surface area contributed by atoms with Crippen molar-refractivity contribution in [1.29, 1.82) is 0 Å². The van der Waals surface area contributed by atoms with Crippen LogP contribution in [0.1, 0.15) is 37.7 Å². The summed E-state index contributed by atoms with van der Waals surface area (Å²) in [7, 11) is 5.00. The number of nitrogens with zero attached hydrogens (tertiary/aromatic N) is 3. The van der Waals surface area contributed by atoms with Gasteiger partial charge in [-0.05, 0) is 44.3 Å². The molecule has 2 fully saturated rings. The van der Waals surface area contributed by atoms with E-state index in [1.54, 1.807) is 21.3 Å². The number of methoxy groups -OCH3 is 3. The molecule has 2 aromatic carbocycles. The number of fused-ring (bicyclic) bond motifs is 1. The second-order valence-corrected chi connectivity index (χ2v) is 9.48. The van der Waals surface area contributed by atoms with Gasteiger partial charge < -0.3 is 24.0 Å². The maximum absolute atomic E-state index is 5.63. The summed E-state index contributed by atoms with van der Waals surface area (Å²) >= 11 is 0. The quantitative estimate of drug-likeness (QED) is 0.447. The molecule has 0 aromatic heterocycles. The minimum Gasteiger partial charge on any atom is -0.493 e. The molecule has 0 bridgehead atoms. The summed E-state index contributed by atoms with van der Waals surface area (Å²) < 4.78 is 16.8. The largest absolute Gasteiger partial charge is 0.493 e. The van der Waals surface area contributed by atoms with E-state index in [0.29, 0.717) is 17.2 Å². The number of benzene rings is 2. The average Bonchev–Trinajstić information content (AvgIpc) is 2.90. The van der Waals surface area contributed by atoms with Crippen LogP contribution in [0.3, 0.4) is 0 Å². The van der Waals surface area contributed by atoms with Gasteiger partial charge in [0, 0.05) is 56.6 Å². The summed E-state index contributed by atoms with van der Waals surface area (Å²) in [5.41, 5.74) is 2.39. The SMILES string of the molecule is COc1cc(N(CCCCN2CCN3CCCCC3C2)Cc2ccccc2)cc(OC)c1OC. The first kappa shape index (κ1) is 24.7. The normalized spacial score (nSPS) is 18.9. The highest BCUT2D eigenvalue weighted by molar-refractivity contribution is 5.63. The fourth-order valence-electron chi connectivity index (χ4n) is 5.41. The van der Waals surface area contributed by atoms with Crippen molar-refractivity contribution in [1.82, 2.24) is 9.80 Å². The number of hydrogen-bond donors (Lipinski definition) is 0. The van der Waals surface area contributed by atoms with Crippen LogP contribution < -0.4 is 19.1 Å². The number of piperidine rings is 1. The maximum atomic E-state index is 5.63. The van der Waals surface area contributed by atoms with Crippen LogP contribution >= 0.6 is 0 Å². The Hall–Kier alpha value is -2.44. The van der Waals surface area contributed by atoms with Gasteiger partial charge in [0.25, 0.3) is 0 Å². The number of anilines is 1. The molecule has 2 saturated heterocycles. The molecule has 0 amide bonds. The summed E-state index contributed by atoms with van der Waals surface area (Å²) in [6.07, 6.45) is 6.52. The molecule has 0 saturated carbocycles. The molecule has 2 heterocycles. The van der Waals surface area contributed by atoms with Gasteiger partial charge in [0.05, 0.1) is 21.3 Å². The molecule has 2 aromatic rings. The molecule has 4 rings (SSSR count). The zero-order chi connectivity index (χ0) is 23.8. The third-order valence-corrected chi connectivity index (χ3v) is 7.30. The van der Waals surface area contributed by atoms with Gasteiger partial charge in [-0.1, -0.05) is 36.8 Å². The molecule has 34 heavy (non-hydrogen) atoms. The molecule has 2 aliphatic rings. The second-order valence-electron chi connectivity index (χ2n) is 9.48. The monoisotopic (exact) mass is 467 g/mol. The topological polar surface area (TPSA) is 37.4 Å². The van der Waals surface area contributed by atoms with Crippen LogP contribution in [0.5, 0.6) is 17.2 Å². The van der Waals surface area contributed by atoms with Gasteiger partial charge in [0.1, 0.15) is 0 Å². The van der Waals surface area contributed by atoms with E-state index in [4.69, 9.17) is 14.2 Å². The van der Waals surface area contributed by atoms with Gasteiger partial charge in [-0.25, -0.2) is 0 Å². The van der Waals surface area contributed by atoms with E-state index in [0.717, 1.165) is 31.2 Å². The summed E-state index contributed by atoms with van der Waals surface area (Å²) in [6.45, 7) is 8.05. The molecule has 0 radical (unpaired) electrons. The van der Waals surface area contributed by atoms with Crippen molar-refractivity contribution in [3.05, 3.63) is 48.0 Å².